The molecular formula is C13H16Cl2N2O2. The first-order chi connectivity index (χ1) is 8.80. The number of benzene rings is 1. The SMILES string of the molecule is CC1(C)C(O)CC1NC(=O)Nc1ccc(Cl)c(Cl)c1. The summed E-state index contributed by atoms with van der Waals surface area (Å²) >= 11 is 11.7. The van der Waals surface area contributed by atoms with Gasteiger partial charge in [-0.1, -0.05) is 37.0 Å². The lowest BCUT2D eigenvalue weighted by molar-refractivity contribution is -0.0673. The summed E-state index contributed by atoms with van der Waals surface area (Å²) < 4.78 is 0. The maximum absolute atomic E-state index is 11.8. The Kier molecular flexibility index (Phi) is 3.95. The topological polar surface area (TPSA) is 61.4 Å². The third-order valence-corrected chi connectivity index (χ3v) is 4.44. The zero-order valence-corrected chi connectivity index (χ0v) is 12.2. The summed E-state index contributed by atoms with van der Waals surface area (Å²) in [6, 6.07) is 4.53. The molecule has 2 atom stereocenters. The van der Waals surface area contributed by atoms with Crippen LogP contribution in [0.1, 0.15) is 20.3 Å². The van der Waals surface area contributed by atoms with Gasteiger partial charge >= 0.3 is 6.03 Å². The number of amides is 2. The van der Waals surface area contributed by atoms with E-state index in [4.69, 9.17) is 23.2 Å². The Bertz CT molecular complexity index is 505. The van der Waals surface area contributed by atoms with Crippen molar-refractivity contribution in [2.45, 2.75) is 32.4 Å². The number of urea groups is 1. The van der Waals surface area contributed by atoms with Gasteiger partial charge in [-0.3, -0.25) is 0 Å². The summed E-state index contributed by atoms with van der Waals surface area (Å²) in [7, 11) is 0. The largest absolute Gasteiger partial charge is 0.392 e. The van der Waals surface area contributed by atoms with Crippen LogP contribution in [0.15, 0.2) is 18.2 Å². The summed E-state index contributed by atoms with van der Waals surface area (Å²) in [4.78, 5) is 11.8. The fourth-order valence-electron chi connectivity index (χ4n) is 2.05. The first-order valence-electron chi connectivity index (χ1n) is 6.01. The second-order valence-electron chi connectivity index (χ2n) is 5.35. The summed E-state index contributed by atoms with van der Waals surface area (Å²) in [5, 5.41) is 16.0. The van der Waals surface area contributed by atoms with Crippen molar-refractivity contribution in [3.63, 3.8) is 0 Å². The van der Waals surface area contributed by atoms with E-state index >= 15 is 0 Å². The number of aliphatic hydroxyl groups excluding tert-OH is 1. The predicted octanol–water partition coefficient (Wildman–Crippen LogP) is 3.27. The minimum Gasteiger partial charge on any atom is -0.392 e. The zero-order valence-electron chi connectivity index (χ0n) is 10.7. The number of aliphatic hydroxyl groups is 1. The number of rotatable bonds is 2. The van der Waals surface area contributed by atoms with Crippen LogP contribution in [0, 0.1) is 5.41 Å². The molecule has 2 unspecified atom stereocenters. The van der Waals surface area contributed by atoms with Crippen LogP contribution < -0.4 is 10.6 Å². The molecule has 104 valence electrons. The first kappa shape index (κ1) is 14.4. The van der Waals surface area contributed by atoms with Crippen LogP contribution in [0.25, 0.3) is 0 Å². The molecule has 0 aliphatic heterocycles. The summed E-state index contributed by atoms with van der Waals surface area (Å²) in [5.74, 6) is 0. The van der Waals surface area contributed by atoms with E-state index in [1.807, 2.05) is 13.8 Å². The van der Waals surface area contributed by atoms with Crippen LogP contribution in [0.4, 0.5) is 10.5 Å². The number of carbonyl (C=O) groups is 1. The molecule has 6 heteroatoms. The highest BCUT2D eigenvalue weighted by Crippen LogP contribution is 2.40. The highest BCUT2D eigenvalue weighted by molar-refractivity contribution is 6.42. The van der Waals surface area contributed by atoms with Crippen molar-refractivity contribution >= 4 is 34.9 Å². The van der Waals surface area contributed by atoms with Gasteiger partial charge in [0.1, 0.15) is 0 Å². The Balaban J connectivity index is 1.93. The van der Waals surface area contributed by atoms with Crippen molar-refractivity contribution in [1.82, 2.24) is 5.32 Å². The maximum Gasteiger partial charge on any atom is 0.319 e. The molecule has 2 rings (SSSR count). The lowest BCUT2D eigenvalue weighted by Crippen LogP contribution is -2.61. The molecule has 1 aromatic carbocycles. The molecule has 0 bridgehead atoms. The van der Waals surface area contributed by atoms with Crippen LogP contribution in [0.3, 0.4) is 0 Å². The quantitative estimate of drug-likeness (QED) is 0.785. The van der Waals surface area contributed by atoms with Crippen LogP contribution >= 0.6 is 23.2 Å². The normalized spacial score (nSPS) is 24.5. The van der Waals surface area contributed by atoms with Crippen molar-refractivity contribution in [1.29, 1.82) is 0 Å². The molecule has 0 heterocycles. The van der Waals surface area contributed by atoms with Crippen LogP contribution in [-0.2, 0) is 0 Å². The van der Waals surface area contributed by atoms with Gasteiger partial charge in [0.05, 0.1) is 16.1 Å². The van der Waals surface area contributed by atoms with E-state index in [1.165, 1.54) is 0 Å². The van der Waals surface area contributed by atoms with E-state index < -0.39 is 0 Å². The van der Waals surface area contributed by atoms with Gasteiger partial charge < -0.3 is 15.7 Å². The number of anilines is 1. The highest BCUT2D eigenvalue weighted by Gasteiger charge is 2.47. The van der Waals surface area contributed by atoms with Gasteiger partial charge in [-0.15, -0.1) is 0 Å². The van der Waals surface area contributed by atoms with Crippen LogP contribution in [0.5, 0.6) is 0 Å². The second-order valence-corrected chi connectivity index (χ2v) is 6.17. The fraction of sp³-hybridized carbons (Fsp3) is 0.462. The molecule has 1 aliphatic carbocycles. The third kappa shape index (κ3) is 2.96. The smallest absolute Gasteiger partial charge is 0.319 e. The first-order valence-corrected chi connectivity index (χ1v) is 6.77. The summed E-state index contributed by atoms with van der Waals surface area (Å²) in [6.45, 7) is 3.84. The van der Waals surface area contributed by atoms with Crippen LogP contribution in [-0.4, -0.2) is 23.3 Å². The fourth-order valence-corrected chi connectivity index (χ4v) is 2.34. The highest BCUT2D eigenvalue weighted by atomic mass is 35.5. The van der Waals surface area contributed by atoms with E-state index in [1.54, 1.807) is 18.2 Å². The van der Waals surface area contributed by atoms with Crippen LogP contribution in [0.2, 0.25) is 10.0 Å². The van der Waals surface area contributed by atoms with E-state index in [2.05, 4.69) is 10.6 Å². The average molecular weight is 303 g/mol. The van der Waals surface area contributed by atoms with E-state index in [-0.39, 0.29) is 23.6 Å². The Morgan fingerprint density at radius 1 is 1.37 bits per heavy atom. The number of hydrogen-bond donors (Lipinski definition) is 3. The standard InChI is InChI=1S/C13H16Cl2N2O2/c1-13(2)10(6-11(13)18)17-12(19)16-7-3-4-8(14)9(15)5-7/h3-5,10-11,18H,6H2,1-2H3,(H2,16,17,19). The average Bonchev–Trinajstić information content (AvgIpc) is 2.33. The molecule has 1 aromatic rings. The molecule has 3 N–H and O–H groups in total. The maximum atomic E-state index is 11.8. The Hall–Kier alpha value is -0.970. The van der Waals surface area contributed by atoms with Gasteiger partial charge in [-0.05, 0) is 24.6 Å². The molecule has 0 aromatic heterocycles. The number of carbonyl (C=O) groups excluding carboxylic acids is 1. The molecule has 2 amide bonds. The van der Waals surface area contributed by atoms with Gasteiger partial charge in [0.2, 0.25) is 0 Å². The molecule has 1 saturated carbocycles. The minimum atomic E-state index is -0.372. The Morgan fingerprint density at radius 2 is 2.05 bits per heavy atom. The third-order valence-electron chi connectivity index (χ3n) is 3.70. The van der Waals surface area contributed by atoms with Gasteiger partial charge in [-0.25, -0.2) is 4.79 Å². The molecular weight excluding hydrogens is 287 g/mol. The predicted molar refractivity (Wildman–Crippen MR) is 76.8 cm³/mol. The zero-order chi connectivity index (χ0) is 14.2. The Morgan fingerprint density at radius 3 is 2.58 bits per heavy atom. The molecule has 0 spiro atoms. The molecule has 19 heavy (non-hydrogen) atoms. The molecule has 1 fully saturated rings. The number of halogens is 2. The molecule has 4 nitrogen and oxygen atoms in total. The van der Waals surface area contributed by atoms with Gasteiger partial charge in [0, 0.05) is 17.1 Å². The second kappa shape index (κ2) is 5.19. The lowest BCUT2D eigenvalue weighted by Gasteiger charge is -2.49. The van der Waals surface area contributed by atoms with Gasteiger partial charge in [0.15, 0.2) is 0 Å². The van der Waals surface area contributed by atoms with E-state index in [9.17, 15) is 9.90 Å². The van der Waals surface area contributed by atoms with Crippen molar-refractivity contribution in [3.05, 3.63) is 28.2 Å². The number of hydrogen-bond acceptors (Lipinski definition) is 2. The summed E-state index contributed by atoms with van der Waals surface area (Å²) in [5.41, 5.74) is 0.277. The van der Waals surface area contributed by atoms with Crippen molar-refractivity contribution in [2.75, 3.05) is 5.32 Å². The van der Waals surface area contributed by atoms with E-state index in [0.29, 0.717) is 22.2 Å². The minimum absolute atomic E-state index is 0.0368. The molecule has 1 aliphatic rings. The summed E-state index contributed by atoms with van der Waals surface area (Å²) in [6.07, 6.45) is 0.199. The van der Waals surface area contributed by atoms with Crippen molar-refractivity contribution in [2.24, 2.45) is 5.41 Å². The lowest BCUT2D eigenvalue weighted by atomic mass is 9.65. The number of nitrogens with one attached hydrogen (secondary N) is 2. The monoisotopic (exact) mass is 302 g/mol. The van der Waals surface area contributed by atoms with E-state index in [0.717, 1.165) is 0 Å². The molecule has 0 radical (unpaired) electrons. The van der Waals surface area contributed by atoms with Gasteiger partial charge in [0.25, 0.3) is 0 Å². The van der Waals surface area contributed by atoms with Crippen molar-refractivity contribution < 1.29 is 9.90 Å². The van der Waals surface area contributed by atoms with Crippen molar-refractivity contribution in [3.8, 4) is 0 Å². The van der Waals surface area contributed by atoms with Gasteiger partial charge in [-0.2, -0.15) is 0 Å². The Labute approximate surface area is 122 Å². The molecule has 0 saturated heterocycles.